The van der Waals surface area contributed by atoms with Crippen LogP contribution in [0.25, 0.3) is 0 Å². The second-order valence-corrected chi connectivity index (χ2v) is 6.85. The van der Waals surface area contributed by atoms with E-state index >= 15 is 0 Å². The van der Waals surface area contributed by atoms with E-state index in [-0.39, 0.29) is 23.2 Å². The standard InChI is InChI=1S/C18H17Cl2NO3S/c1-2-24-17-6-4-3-5-15(17)21-18(23)11-25-10-16(22)13-8-7-12(19)9-14(13)20/h3-9H,2,10-11H2,1H3,(H,21,23). The van der Waals surface area contributed by atoms with Crippen molar-refractivity contribution in [3.63, 3.8) is 0 Å². The predicted octanol–water partition coefficient (Wildman–Crippen LogP) is 4.95. The highest BCUT2D eigenvalue weighted by molar-refractivity contribution is 8.00. The molecule has 0 aliphatic carbocycles. The number of Topliss-reactive ketones (excluding diaryl/α,β-unsaturated/α-hetero) is 1. The molecule has 4 nitrogen and oxygen atoms in total. The lowest BCUT2D eigenvalue weighted by Gasteiger charge is -2.11. The summed E-state index contributed by atoms with van der Waals surface area (Å²) in [6.45, 7) is 2.39. The van der Waals surface area contributed by atoms with Crippen LogP contribution >= 0.6 is 35.0 Å². The minimum atomic E-state index is -0.202. The number of ketones is 1. The Morgan fingerprint density at radius 3 is 2.60 bits per heavy atom. The monoisotopic (exact) mass is 397 g/mol. The third kappa shape index (κ3) is 5.96. The lowest BCUT2D eigenvalue weighted by Crippen LogP contribution is -2.16. The van der Waals surface area contributed by atoms with Crippen LogP contribution in [0.15, 0.2) is 42.5 Å². The molecule has 0 radical (unpaired) electrons. The van der Waals surface area contributed by atoms with E-state index < -0.39 is 0 Å². The van der Waals surface area contributed by atoms with Gasteiger partial charge in [0.25, 0.3) is 0 Å². The van der Waals surface area contributed by atoms with Crippen LogP contribution in [0.2, 0.25) is 10.0 Å². The number of ether oxygens (including phenoxy) is 1. The van der Waals surface area contributed by atoms with E-state index in [2.05, 4.69) is 5.32 Å². The van der Waals surface area contributed by atoms with Gasteiger partial charge < -0.3 is 10.1 Å². The minimum Gasteiger partial charge on any atom is -0.492 e. The molecule has 0 aliphatic rings. The number of hydrogen-bond acceptors (Lipinski definition) is 4. The molecule has 2 aromatic rings. The molecule has 7 heteroatoms. The van der Waals surface area contributed by atoms with Crippen molar-refractivity contribution in [1.82, 2.24) is 0 Å². The number of thioether (sulfide) groups is 1. The molecular formula is C18H17Cl2NO3S. The average Bonchev–Trinajstić information content (AvgIpc) is 2.56. The Kier molecular flexibility index (Phi) is 7.62. The summed E-state index contributed by atoms with van der Waals surface area (Å²) in [6.07, 6.45) is 0. The number of para-hydroxylation sites is 2. The van der Waals surface area contributed by atoms with Crippen LogP contribution in [0, 0.1) is 0 Å². The zero-order chi connectivity index (χ0) is 18.2. The number of amides is 1. The molecule has 0 aromatic heterocycles. The third-order valence-corrected chi connectivity index (χ3v) is 4.64. The first kappa shape index (κ1) is 19.6. The number of halogens is 2. The summed E-state index contributed by atoms with van der Waals surface area (Å²) in [4.78, 5) is 24.2. The van der Waals surface area contributed by atoms with Gasteiger partial charge in [-0.15, -0.1) is 11.8 Å². The van der Waals surface area contributed by atoms with Gasteiger partial charge in [-0.2, -0.15) is 0 Å². The quantitative estimate of drug-likeness (QED) is 0.640. The maximum Gasteiger partial charge on any atom is 0.234 e. The Hall–Kier alpha value is -1.69. The summed E-state index contributed by atoms with van der Waals surface area (Å²) >= 11 is 13.0. The van der Waals surface area contributed by atoms with Gasteiger partial charge in [0.2, 0.25) is 5.91 Å². The molecule has 2 rings (SSSR count). The summed E-state index contributed by atoms with van der Waals surface area (Å²) in [5.74, 6) is 0.577. The largest absolute Gasteiger partial charge is 0.492 e. The Morgan fingerprint density at radius 1 is 1.12 bits per heavy atom. The zero-order valence-electron chi connectivity index (χ0n) is 13.6. The van der Waals surface area contributed by atoms with Crippen LogP contribution in [0.5, 0.6) is 5.75 Å². The van der Waals surface area contributed by atoms with E-state index in [1.807, 2.05) is 19.1 Å². The molecule has 0 spiro atoms. The number of carbonyl (C=O) groups excluding carboxylic acids is 2. The summed E-state index contributed by atoms with van der Waals surface area (Å²) in [5.41, 5.74) is 1.02. The van der Waals surface area contributed by atoms with Crippen LogP contribution in [0.3, 0.4) is 0 Å². The highest BCUT2D eigenvalue weighted by Gasteiger charge is 2.13. The van der Waals surface area contributed by atoms with Gasteiger partial charge in [0.1, 0.15) is 5.75 Å². The Bertz CT molecular complexity index is 768. The summed E-state index contributed by atoms with van der Waals surface area (Å²) in [7, 11) is 0. The predicted molar refractivity (Wildman–Crippen MR) is 104 cm³/mol. The highest BCUT2D eigenvalue weighted by atomic mass is 35.5. The fourth-order valence-electron chi connectivity index (χ4n) is 2.07. The average molecular weight is 398 g/mol. The van der Waals surface area contributed by atoms with Gasteiger partial charge in [-0.25, -0.2) is 0 Å². The number of rotatable bonds is 8. The normalized spacial score (nSPS) is 10.4. The van der Waals surface area contributed by atoms with Gasteiger partial charge in [-0.3, -0.25) is 9.59 Å². The van der Waals surface area contributed by atoms with Crippen molar-refractivity contribution in [2.24, 2.45) is 0 Å². The number of carbonyl (C=O) groups is 2. The fraction of sp³-hybridized carbons (Fsp3) is 0.222. The molecule has 1 N–H and O–H groups in total. The molecule has 0 fully saturated rings. The smallest absolute Gasteiger partial charge is 0.234 e. The maximum atomic E-state index is 12.2. The lowest BCUT2D eigenvalue weighted by molar-refractivity contribution is -0.113. The number of anilines is 1. The van der Waals surface area contributed by atoms with Gasteiger partial charge in [-0.05, 0) is 37.3 Å². The summed E-state index contributed by atoms with van der Waals surface area (Å²) < 4.78 is 5.46. The van der Waals surface area contributed by atoms with Gasteiger partial charge in [0.15, 0.2) is 5.78 Å². The van der Waals surface area contributed by atoms with Crippen molar-refractivity contribution in [2.45, 2.75) is 6.92 Å². The van der Waals surface area contributed by atoms with Gasteiger partial charge >= 0.3 is 0 Å². The van der Waals surface area contributed by atoms with Crippen molar-refractivity contribution in [1.29, 1.82) is 0 Å². The first-order chi connectivity index (χ1) is 12.0. The molecule has 25 heavy (non-hydrogen) atoms. The van der Waals surface area contributed by atoms with Crippen LogP contribution in [0.4, 0.5) is 5.69 Å². The minimum absolute atomic E-state index is 0.144. The van der Waals surface area contributed by atoms with Crippen LogP contribution in [0.1, 0.15) is 17.3 Å². The molecule has 0 unspecified atom stereocenters. The molecule has 0 heterocycles. The molecule has 0 saturated heterocycles. The van der Waals surface area contributed by atoms with Gasteiger partial charge in [0.05, 0.1) is 28.8 Å². The maximum absolute atomic E-state index is 12.2. The van der Waals surface area contributed by atoms with Crippen molar-refractivity contribution < 1.29 is 14.3 Å². The van der Waals surface area contributed by atoms with Crippen molar-refractivity contribution in [3.8, 4) is 5.75 Å². The second-order valence-electron chi connectivity index (χ2n) is 5.02. The van der Waals surface area contributed by atoms with E-state index in [1.165, 1.54) is 17.8 Å². The zero-order valence-corrected chi connectivity index (χ0v) is 15.9. The molecule has 0 bridgehead atoms. The third-order valence-electron chi connectivity index (χ3n) is 3.16. The molecular weight excluding hydrogens is 381 g/mol. The van der Waals surface area contributed by atoms with Crippen molar-refractivity contribution in [2.75, 3.05) is 23.4 Å². The van der Waals surface area contributed by atoms with Crippen LogP contribution < -0.4 is 10.1 Å². The lowest BCUT2D eigenvalue weighted by atomic mass is 10.1. The topological polar surface area (TPSA) is 55.4 Å². The van der Waals surface area contributed by atoms with E-state index in [0.717, 1.165) is 0 Å². The SMILES string of the molecule is CCOc1ccccc1NC(=O)CSCC(=O)c1ccc(Cl)cc1Cl. The number of nitrogens with one attached hydrogen (secondary N) is 1. The highest BCUT2D eigenvalue weighted by Crippen LogP contribution is 2.24. The Balaban J connectivity index is 1.85. The number of hydrogen-bond donors (Lipinski definition) is 1. The van der Waals surface area contributed by atoms with Gasteiger partial charge in [0, 0.05) is 10.6 Å². The molecule has 0 aliphatic heterocycles. The summed E-state index contributed by atoms with van der Waals surface area (Å²) in [6, 6.07) is 11.9. The van der Waals surface area contributed by atoms with E-state index in [4.69, 9.17) is 27.9 Å². The number of benzene rings is 2. The molecule has 132 valence electrons. The van der Waals surface area contributed by atoms with Crippen molar-refractivity contribution in [3.05, 3.63) is 58.1 Å². The molecule has 1 amide bonds. The van der Waals surface area contributed by atoms with E-state index in [0.29, 0.717) is 33.7 Å². The van der Waals surface area contributed by atoms with E-state index in [1.54, 1.807) is 24.3 Å². The first-order valence-corrected chi connectivity index (χ1v) is 9.50. The van der Waals surface area contributed by atoms with Gasteiger partial charge in [-0.1, -0.05) is 35.3 Å². The first-order valence-electron chi connectivity index (χ1n) is 7.59. The van der Waals surface area contributed by atoms with Crippen LogP contribution in [-0.2, 0) is 4.79 Å². The second kappa shape index (κ2) is 9.70. The van der Waals surface area contributed by atoms with Crippen LogP contribution in [-0.4, -0.2) is 29.8 Å². The summed E-state index contributed by atoms with van der Waals surface area (Å²) in [5, 5.41) is 3.57. The Morgan fingerprint density at radius 2 is 1.88 bits per heavy atom. The van der Waals surface area contributed by atoms with Crippen molar-refractivity contribution >= 4 is 52.3 Å². The van der Waals surface area contributed by atoms with E-state index in [9.17, 15) is 9.59 Å². The molecule has 0 atom stereocenters. The fourth-order valence-corrected chi connectivity index (χ4v) is 3.28. The Labute approximate surface area is 160 Å². The molecule has 2 aromatic carbocycles. The molecule has 0 saturated carbocycles.